The van der Waals surface area contributed by atoms with E-state index in [9.17, 15) is 0 Å². The van der Waals surface area contributed by atoms with Gasteiger partial charge in [0.05, 0.1) is 12.2 Å². The van der Waals surface area contributed by atoms with E-state index in [1.165, 1.54) is 0 Å². The van der Waals surface area contributed by atoms with Crippen LogP contribution in [0.25, 0.3) is 0 Å². The molecule has 1 aliphatic heterocycles. The topological polar surface area (TPSA) is 64.1 Å². The number of hydrogen-bond acceptors (Lipinski definition) is 3. The molecule has 0 bridgehead atoms. The summed E-state index contributed by atoms with van der Waals surface area (Å²) in [7, 11) is 0. The fourth-order valence-corrected chi connectivity index (χ4v) is 0.696. The van der Waals surface area contributed by atoms with Gasteiger partial charge in [-0.05, 0) is 13.0 Å². The highest BCUT2D eigenvalue weighted by atomic mass is 14.9. The molecule has 0 radical (unpaired) electrons. The Labute approximate surface area is 54.4 Å². The van der Waals surface area contributed by atoms with E-state index < -0.39 is 0 Å². The van der Waals surface area contributed by atoms with Gasteiger partial charge in [-0.25, -0.2) is 0 Å². The van der Waals surface area contributed by atoms with Crippen molar-refractivity contribution in [2.45, 2.75) is 6.92 Å². The van der Waals surface area contributed by atoms with Crippen LogP contribution in [0.5, 0.6) is 0 Å². The summed E-state index contributed by atoms with van der Waals surface area (Å²) in [5.41, 5.74) is 13.5. The summed E-state index contributed by atoms with van der Waals surface area (Å²) in [5.74, 6) is 0. The van der Waals surface area contributed by atoms with Crippen LogP contribution in [0.4, 0.5) is 0 Å². The number of dihydropyridines is 1. The SMILES string of the molecule is CC1=C(N)C=C(N)CN1. The predicted octanol–water partition coefficient (Wildman–Crippen LogP) is -0.378. The van der Waals surface area contributed by atoms with Gasteiger partial charge in [0.2, 0.25) is 0 Å². The molecule has 3 nitrogen and oxygen atoms in total. The molecular weight excluding hydrogens is 114 g/mol. The van der Waals surface area contributed by atoms with E-state index in [1.807, 2.05) is 6.92 Å². The minimum atomic E-state index is 0.715. The first kappa shape index (κ1) is 6.01. The van der Waals surface area contributed by atoms with Gasteiger partial charge in [0.15, 0.2) is 0 Å². The standard InChI is InChI=1S/C6H11N3/c1-4-6(8)2-5(7)3-9-4/h2,9H,3,7-8H2,1H3. The molecule has 50 valence electrons. The summed E-state index contributed by atoms with van der Waals surface area (Å²) in [5, 5.41) is 3.04. The lowest BCUT2D eigenvalue weighted by molar-refractivity contribution is 0.824. The van der Waals surface area contributed by atoms with Crippen molar-refractivity contribution in [2.24, 2.45) is 11.5 Å². The van der Waals surface area contributed by atoms with Crippen molar-refractivity contribution in [1.82, 2.24) is 5.32 Å². The molecule has 1 heterocycles. The van der Waals surface area contributed by atoms with Gasteiger partial charge in [-0.15, -0.1) is 0 Å². The molecule has 3 heteroatoms. The average Bonchev–Trinajstić information content (AvgIpc) is 1.80. The minimum Gasteiger partial charge on any atom is -0.401 e. The smallest absolute Gasteiger partial charge is 0.0544 e. The number of hydrogen-bond donors (Lipinski definition) is 3. The van der Waals surface area contributed by atoms with Crippen LogP contribution in [0.15, 0.2) is 23.2 Å². The maximum Gasteiger partial charge on any atom is 0.0544 e. The van der Waals surface area contributed by atoms with Crippen molar-refractivity contribution < 1.29 is 0 Å². The molecule has 0 atom stereocenters. The zero-order valence-corrected chi connectivity index (χ0v) is 5.44. The van der Waals surface area contributed by atoms with Gasteiger partial charge in [-0.3, -0.25) is 0 Å². The maximum absolute atomic E-state index is 5.53. The fourth-order valence-electron chi connectivity index (χ4n) is 0.696. The highest BCUT2D eigenvalue weighted by Gasteiger charge is 2.01. The van der Waals surface area contributed by atoms with Crippen LogP contribution < -0.4 is 16.8 Å². The van der Waals surface area contributed by atoms with Gasteiger partial charge in [0.25, 0.3) is 0 Å². The van der Waals surface area contributed by atoms with Crippen LogP contribution in [-0.2, 0) is 0 Å². The Morgan fingerprint density at radius 3 is 2.67 bits per heavy atom. The van der Waals surface area contributed by atoms with Gasteiger partial charge in [0.1, 0.15) is 0 Å². The lowest BCUT2D eigenvalue weighted by Crippen LogP contribution is -2.26. The largest absolute Gasteiger partial charge is 0.401 e. The van der Waals surface area contributed by atoms with E-state index in [0.717, 1.165) is 17.1 Å². The van der Waals surface area contributed by atoms with Crippen LogP contribution in [0, 0.1) is 0 Å². The molecule has 0 aliphatic carbocycles. The van der Waals surface area contributed by atoms with Crippen LogP contribution >= 0.6 is 0 Å². The molecular formula is C6H11N3. The Bertz CT molecular complexity index is 179. The third kappa shape index (κ3) is 1.16. The average molecular weight is 125 g/mol. The first-order valence-electron chi connectivity index (χ1n) is 2.86. The molecule has 0 saturated carbocycles. The first-order valence-corrected chi connectivity index (χ1v) is 2.86. The van der Waals surface area contributed by atoms with E-state index in [1.54, 1.807) is 6.08 Å². The molecule has 0 unspecified atom stereocenters. The summed E-state index contributed by atoms with van der Waals surface area (Å²) >= 11 is 0. The Kier molecular flexibility index (Phi) is 1.34. The zero-order valence-electron chi connectivity index (χ0n) is 5.44. The van der Waals surface area contributed by atoms with Gasteiger partial charge < -0.3 is 16.8 Å². The van der Waals surface area contributed by atoms with Crippen molar-refractivity contribution in [1.29, 1.82) is 0 Å². The first-order chi connectivity index (χ1) is 4.20. The second-order valence-electron chi connectivity index (χ2n) is 2.15. The summed E-state index contributed by atoms with van der Waals surface area (Å²) < 4.78 is 0. The number of nitrogens with one attached hydrogen (secondary N) is 1. The van der Waals surface area contributed by atoms with Crippen LogP contribution in [0.2, 0.25) is 0 Å². The number of allylic oxidation sites excluding steroid dienone is 2. The van der Waals surface area contributed by atoms with E-state index in [2.05, 4.69) is 5.32 Å². The van der Waals surface area contributed by atoms with Crippen LogP contribution in [0.1, 0.15) is 6.92 Å². The van der Waals surface area contributed by atoms with E-state index in [0.29, 0.717) is 6.54 Å². The van der Waals surface area contributed by atoms with Gasteiger partial charge in [0, 0.05) is 11.4 Å². The molecule has 1 rings (SSSR count). The maximum atomic E-state index is 5.53. The van der Waals surface area contributed by atoms with Crippen LogP contribution in [0.3, 0.4) is 0 Å². The molecule has 5 N–H and O–H groups in total. The summed E-state index contributed by atoms with van der Waals surface area (Å²) in [6.07, 6.45) is 1.78. The fraction of sp³-hybridized carbons (Fsp3) is 0.333. The highest BCUT2D eigenvalue weighted by Crippen LogP contribution is 2.02. The molecule has 0 saturated heterocycles. The third-order valence-corrected chi connectivity index (χ3v) is 1.33. The quantitative estimate of drug-likeness (QED) is 0.413. The van der Waals surface area contributed by atoms with E-state index >= 15 is 0 Å². The molecule has 0 aromatic carbocycles. The second-order valence-corrected chi connectivity index (χ2v) is 2.15. The summed E-state index contributed by atoms with van der Waals surface area (Å²) in [4.78, 5) is 0. The Hall–Kier alpha value is -1.12. The number of rotatable bonds is 0. The van der Waals surface area contributed by atoms with Crippen molar-refractivity contribution in [2.75, 3.05) is 6.54 Å². The van der Waals surface area contributed by atoms with E-state index in [-0.39, 0.29) is 0 Å². The van der Waals surface area contributed by atoms with Crippen molar-refractivity contribution in [3.8, 4) is 0 Å². The molecule has 0 amide bonds. The van der Waals surface area contributed by atoms with Crippen molar-refractivity contribution in [3.05, 3.63) is 23.2 Å². The second kappa shape index (κ2) is 2.01. The van der Waals surface area contributed by atoms with Gasteiger partial charge >= 0.3 is 0 Å². The summed E-state index contributed by atoms with van der Waals surface area (Å²) in [6, 6.07) is 0. The molecule has 0 aromatic heterocycles. The minimum absolute atomic E-state index is 0.715. The zero-order chi connectivity index (χ0) is 6.85. The molecule has 1 aliphatic rings. The highest BCUT2D eigenvalue weighted by molar-refractivity contribution is 5.28. The lowest BCUT2D eigenvalue weighted by Gasteiger charge is -2.14. The summed E-state index contributed by atoms with van der Waals surface area (Å²) in [6.45, 7) is 2.64. The lowest BCUT2D eigenvalue weighted by atomic mass is 10.2. The normalized spacial score (nSPS) is 19.0. The van der Waals surface area contributed by atoms with Crippen molar-refractivity contribution in [3.63, 3.8) is 0 Å². The monoisotopic (exact) mass is 125 g/mol. The van der Waals surface area contributed by atoms with Gasteiger partial charge in [-0.2, -0.15) is 0 Å². The molecule has 0 fully saturated rings. The third-order valence-electron chi connectivity index (χ3n) is 1.33. The molecule has 9 heavy (non-hydrogen) atoms. The molecule has 0 aromatic rings. The Morgan fingerprint density at radius 1 is 1.56 bits per heavy atom. The number of nitrogens with two attached hydrogens (primary N) is 2. The van der Waals surface area contributed by atoms with Crippen molar-refractivity contribution >= 4 is 0 Å². The van der Waals surface area contributed by atoms with E-state index in [4.69, 9.17) is 11.5 Å². The van der Waals surface area contributed by atoms with Gasteiger partial charge in [-0.1, -0.05) is 0 Å². The van der Waals surface area contributed by atoms with Crippen LogP contribution in [-0.4, -0.2) is 6.54 Å². The Balaban J connectivity index is 2.83. The molecule has 0 spiro atoms. The Morgan fingerprint density at radius 2 is 2.22 bits per heavy atom. The predicted molar refractivity (Wildman–Crippen MR) is 37.2 cm³/mol.